The third-order valence-electron chi connectivity index (χ3n) is 3.77. The van der Waals surface area contributed by atoms with Crippen molar-refractivity contribution in [3.63, 3.8) is 0 Å². The summed E-state index contributed by atoms with van der Waals surface area (Å²) in [5.41, 5.74) is 0. The number of aldehydes is 1. The summed E-state index contributed by atoms with van der Waals surface area (Å²) in [5.74, 6) is 0.888. The van der Waals surface area contributed by atoms with Gasteiger partial charge in [0, 0.05) is 32.7 Å². The van der Waals surface area contributed by atoms with E-state index in [0.717, 1.165) is 38.4 Å². The molecule has 0 aromatic carbocycles. The van der Waals surface area contributed by atoms with Crippen LogP contribution in [0, 0.1) is 5.92 Å². The first-order chi connectivity index (χ1) is 9.88. The van der Waals surface area contributed by atoms with Crippen LogP contribution in [0.15, 0.2) is 0 Å². The van der Waals surface area contributed by atoms with Gasteiger partial charge in [0.2, 0.25) is 0 Å². The molecule has 0 saturated carbocycles. The second-order valence-electron chi connectivity index (χ2n) is 4.96. The van der Waals surface area contributed by atoms with Crippen LogP contribution < -0.4 is 5.32 Å². The van der Waals surface area contributed by atoms with E-state index in [-0.39, 0.29) is 0 Å². The number of piperazine rings is 1. The monoisotopic (exact) mass is 285 g/mol. The van der Waals surface area contributed by atoms with Crippen LogP contribution in [0.3, 0.4) is 0 Å². The van der Waals surface area contributed by atoms with Gasteiger partial charge in [0.25, 0.3) is 0 Å². The van der Waals surface area contributed by atoms with E-state index in [1.807, 2.05) is 27.7 Å². The summed E-state index contributed by atoms with van der Waals surface area (Å²) < 4.78 is 0. The minimum absolute atomic E-state index is 0.612. The van der Waals surface area contributed by atoms with Gasteiger partial charge in [-0.05, 0) is 31.8 Å². The lowest BCUT2D eigenvalue weighted by Crippen LogP contribution is -2.48. The van der Waals surface area contributed by atoms with Crippen LogP contribution in [0.1, 0.15) is 40.5 Å². The minimum atomic E-state index is 0.612. The number of piperidine rings is 1. The Morgan fingerprint density at radius 2 is 1.45 bits per heavy atom. The normalized spacial score (nSPS) is 21.2. The topological polar surface area (TPSA) is 35.6 Å². The zero-order valence-corrected chi connectivity index (χ0v) is 14.0. The van der Waals surface area contributed by atoms with Crippen molar-refractivity contribution in [3.8, 4) is 0 Å². The van der Waals surface area contributed by atoms with Crippen LogP contribution in [0.4, 0.5) is 0 Å². The lowest BCUT2D eigenvalue weighted by molar-refractivity contribution is -0.109. The Morgan fingerprint density at radius 3 is 1.95 bits per heavy atom. The van der Waals surface area contributed by atoms with Gasteiger partial charge in [0.05, 0.1) is 6.54 Å². The molecule has 0 aromatic heterocycles. The first-order valence-corrected chi connectivity index (χ1v) is 8.47. The number of rotatable bonds is 4. The van der Waals surface area contributed by atoms with E-state index >= 15 is 0 Å². The second-order valence-corrected chi connectivity index (χ2v) is 4.96. The van der Waals surface area contributed by atoms with E-state index in [9.17, 15) is 4.79 Å². The van der Waals surface area contributed by atoms with Crippen LogP contribution in [-0.2, 0) is 4.79 Å². The van der Waals surface area contributed by atoms with Gasteiger partial charge in [0.15, 0.2) is 0 Å². The van der Waals surface area contributed by atoms with Crippen LogP contribution >= 0.6 is 0 Å². The summed E-state index contributed by atoms with van der Waals surface area (Å²) in [6.45, 7) is 16.6. The molecule has 0 aliphatic carbocycles. The van der Waals surface area contributed by atoms with Crippen molar-refractivity contribution in [2.75, 3.05) is 52.4 Å². The molecule has 1 N–H and O–H groups in total. The third-order valence-corrected chi connectivity index (χ3v) is 3.77. The first-order valence-electron chi connectivity index (χ1n) is 8.47. The molecule has 120 valence electrons. The van der Waals surface area contributed by atoms with Gasteiger partial charge in [-0.1, -0.05) is 27.7 Å². The van der Waals surface area contributed by atoms with Gasteiger partial charge in [-0.3, -0.25) is 4.90 Å². The second kappa shape index (κ2) is 13.5. The van der Waals surface area contributed by atoms with E-state index in [4.69, 9.17) is 0 Å². The fourth-order valence-electron chi connectivity index (χ4n) is 2.69. The Kier molecular flexibility index (Phi) is 13.2. The molecule has 2 saturated heterocycles. The van der Waals surface area contributed by atoms with E-state index in [1.54, 1.807) is 0 Å². The first kappa shape index (κ1) is 19.6. The van der Waals surface area contributed by atoms with Gasteiger partial charge in [-0.15, -0.1) is 0 Å². The highest BCUT2D eigenvalue weighted by molar-refractivity contribution is 5.51. The molecule has 0 radical (unpaired) electrons. The van der Waals surface area contributed by atoms with Gasteiger partial charge >= 0.3 is 0 Å². The minimum Gasteiger partial charge on any atom is -0.317 e. The van der Waals surface area contributed by atoms with E-state index in [1.165, 1.54) is 32.5 Å². The zero-order chi connectivity index (χ0) is 15.2. The molecule has 0 amide bonds. The van der Waals surface area contributed by atoms with E-state index < -0.39 is 0 Å². The van der Waals surface area contributed by atoms with Crippen LogP contribution in [-0.4, -0.2) is 68.4 Å². The zero-order valence-electron chi connectivity index (χ0n) is 14.0. The number of nitrogens with one attached hydrogen (secondary N) is 1. The van der Waals surface area contributed by atoms with Crippen LogP contribution in [0.2, 0.25) is 0 Å². The Labute approximate surface area is 125 Å². The summed E-state index contributed by atoms with van der Waals surface area (Å²) in [7, 11) is 0. The molecule has 2 aliphatic heterocycles. The molecule has 0 aromatic rings. The highest BCUT2D eigenvalue weighted by atomic mass is 16.1. The molecular weight excluding hydrogens is 250 g/mol. The molecule has 2 heterocycles. The molecule has 4 heteroatoms. The number of hydrogen-bond donors (Lipinski definition) is 1. The Balaban J connectivity index is 0.000000829. The van der Waals surface area contributed by atoms with Crippen molar-refractivity contribution in [1.82, 2.24) is 15.1 Å². The predicted molar refractivity (Wildman–Crippen MR) is 87.2 cm³/mol. The van der Waals surface area contributed by atoms with Gasteiger partial charge in [-0.25, -0.2) is 0 Å². The summed E-state index contributed by atoms with van der Waals surface area (Å²) in [6.07, 6.45) is 3.67. The lowest BCUT2D eigenvalue weighted by Gasteiger charge is -2.36. The molecule has 0 bridgehead atoms. The summed E-state index contributed by atoms with van der Waals surface area (Å²) >= 11 is 0. The summed E-state index contributed by atoms with van der Waals surface area (Å²) in [6, 6.07) is 0. The molecule has 0 atom stereocenters. The van der Waals surface area contributed by atoms with Crippen molar-refractivity contribution < 1.29 is 4.79 Å². The number of nitrogens with zero attached hydrogens (tertiary/aromatic N) is 2. The number of carbonyl (C=O) groups is 1. The van der Waals surface area contributed by atoms with Gasteiger partial charge in [0.1, 0.15) is 6.29 Å². The average Bonchev–Trinajstić information content (AvgIpc) is 2.54. The van der Waals surface area contributed by atoms with Crippen molar-refractivity contribution in [1.29, 1.82) is 0 Å². The molecule has 0 spiro atoms. The van der Waals surface area contributed by atoms with Crippen molar-refractivity contribution >= 4 is 6.29 Å². The highest BCUT2D eigenvalue weighted by Gasteiger charge is 2.20. The maximum absolute atomic E-state index is 10.4. The highest BCUT2D eigenvalue weighted by Crippen LogP contribution is 2.14. The van der Waals surface area contributed by atoms with Crippen LogP contribution in [0.5, 0.6) is 0 Å². The van der Waals surface area contributed by atoms with Crippen molar-refractivity contribution in [3.05, 3.63) is 0 Å². The van der Waals surface area contributed by atoms with Crippen LogP contribution in [0.25, 0.3) is 0 Å². The van der Waals surface area contributed by atoms with Crippen molar-refractivity contribution in [2.24, 2.45) is 5.92 Å². The van der Waals surface area contributed by atoms with E-state index in [0.29, 0.717) is 6.54 Å². The molecule has 2 fully saturated rings. The molecule has 0 unspecified atom stereocenters. The predicted octanol–water partition coefficient (Wildman–Crippen LogP) is 1.85. The molecule has 2 aliphatic rings. The van der Waals surface area contributed by atoms with Crippen molar-refractivity contribution in [2.45, 2.75) is 40.5 Å². The fourth-order valence-corrected chi connectivity index (χ4v) is 2.69. The molecule has 20 heavy (non-hydrogen) atoms. The number of carbonyl (C=O) groups excluding carboxylic acids is 1. The molecule has 2 rings (SSSR count). The Hall–Kier alpha value is -0.450. The standard InChI is InChI=1S/C12H23N3O.2C2H6/c16-10-9-14-5-7-15(8-6-14)11-12-1-3-13-4-2-12;2*1-2/h10,12-13H,1-9,11H2;2*1-2H3. The Bertz CT molecular complexity index is 210. The fraction of sp³-hybridized carbons (Fsp3) is 0.938. The maximum Gasteiger partial charge on any atom is 0.133 e. The lowest BCUT2D eigenvalue weighted by atomic mass is 9.97. The number of hydrogen-bond acceptors (Lipinski definition) is 4. The Morgan fingerprint density at radius 1 is 0.950 bits per heavy atom. The van der Waals surface area contributed by atoms with Gasteiger partial charge in [-0.2, -0.15) is 0 Å². The molecular formula is C16H35N3O. The molecule has 4 nitrogen and oxygen atoms in total. The summed E-state index contributed by atoms with van der Waals surface area (Å²) in [5, 5.41) is 3.41. The van der Waals surface area contributed by atoms with E-state index in [2.05, 4.69) is 15.1 Å². The van der Waals surface area contributed by atoms with Gasteiger partial charge < -0.3 is 15.0 Å². The average molecular weight is 285 g/mol. The maximum atomic E-state index is 10.4. The third kappa shape index (κ3) is 7.98. The smallest absolute Gasteiger partial charge is 0.133 e. The largest absolute Gasteiger partial charge is 0.317 e. The SMILES string of the molecule is CC.CC.O=CCN1CCN(CC2CCNCC2)CC1. The quantitative estimate of drug-likeness (QED) is 0.800. The summed E-state index contributed by atoms with van der Waals surface area (Å²) in [4.78, 5) is 15.2.